The Hall–Kier alpha value is -2.98. The van der Waals surface area contributed by atoms with Crippen LogP contribution in [0, 0.1) is 6.92 Å². The van der Waals surface area contributed by atoms with Crippen molar-refractivity contribution in [3.05, 3.63) is 87.6 Å². The van der Waals surface area contributed by atoms with Crippen LogP contribution in [0.5, 0.6) is 0 Å². The lowest BCUT2D eigenvalue weighted by molar-refractivity contribution is -0.112. The Morgan fingerprint density at radius 3 is 2.24 bits per heavy atom. The molecule has 0 saturated carbocycles. The molecular weight excluding hydrogens is 330 g/mol. The zero-order valence-corrected chi connectivity index (χ0v) is 14.4. The van der Waals surface area contributed by atoms with Crippen molar-refractivity contribution in [2.24, 2.45) is 0 Å². The van der Waals surface area contributed by atoms with Crippen molar-refractivity contribution in [1.82, 2.24) is 0 Å². The molecule has 3 nitrogen and oxygen atoms in total. The third kappa shape index (κ3) is 2.71. The normalized spacial score (nSPS) is 15.6. The summed E-state index contributed by atoms with van der Waals surface area (Å²) in [5, 5.41) is 1.97. The molecule has 0 fully saturated rings. The fourth-order valence-electron chi connectivity index (χ4n) is 2.94. The molecule has 0 bridgehead atoms. The first-order chi connectivity index (χ1) is 12.1. The smallest absolute Gasteiger partial charge is 0.266 e. The van der Waals surface area contributed by atoms with Gasteiger partial charge in [-0.05, 0) is 42.6 Å². The Balaban J connectivity index is 1.90. The summed E-state index contributed by atoms with van der Waals surface area (Å²) in [6.07, 6.45) is 1.86. The van der Waals surface area contributed by atoms with Crippen LogP contribution in [0.2, 0.25) is 0 Å². The van der Waals surface area contributed by atoms with Crippen molar-refractivity contribution < 1.29 is 9.59 Å². The number of hydrogen-bond donors (Lipinski definition) is 0. The summed E-state index contributed by atoms with van der Waals surface area (Å²) in [6.45, 7) is 1.97. The Bertz CT molecular complexity index is 985. The van der Waals surface area contributed by atoms with E-state index in [0.29, 0.717) is 22.4 Å². The zero-order chi connectivity index (χ0) is 17.4. The van der Waals surface area contributed by atoms with E-state index in [1.165, 1.54) is 4.90 Å². The lowest BCUT2D eigenvalue weighted by atomic mass is 9.92. The number of hydrogen-bond acceptors (Lipinski definition) is 3. The minimum absolute atomic E-state index is 0.284. The number of benzene rings is 2. The number of rotatable bonds is 2. The first-order valence-corrected chi connectivity index (χ1v) is 8.83. The fourth-order valence-corrected chi connectivity index (χ4v) is 3.59. The fraction of sp³-hybridized carbons (Fsp3) is 0.0476. The topological polar surface area (TPSA) is 37.4 Å². The van der Waals surface area contributed by atoms with E-state index in [2.05, 4.69) is 0 Å². The minimum Gasteiger partial charge on any atom is -0.268 e. The molecule has 25 heavy (non-hydrogen) atoms. The lowest BCUT2D eigenvalue weighted by Crippen LogP contribution is -2.41. The quantitative estimate of drug-likeness (QED) is 0.495. The number of thiophene rings is 1. The van der Waals surface area contributed by atoms with Gasteiger partial charge in [0.15, 0.2) is 0 Å². The summed E-state index contributed by atoms with van der Waals surface area (Å²) in [4.78, 5) is 28.3. The van der Waals surface area contributed by atoms with Crippen molar-refractivity contribution in [2.75, 3.05) is 4.90 Å². The number of fused-ring (bicyclic) bond motifs is 1. The summed E-state index contributed by atoms with van der Waals surface area (Å²) < 4.78 is 0. The monoisotopic (exact) mass is 345 g/mol. The third-order valence-electron chi connectivity index (χ3n) is 4.21. The van der Waals surface area contributed by atoms with Crippen molar-refractivity contribution in [3.63, 3.8) is 0 Å². The van der Waals surface area contributed by atoms with Gasteiger partial charge in [0.1, 0.15) is 0 Å². The predicted octanol–water partition coefficient (Wildman–Crippen LogP) is 4.78. The van der Waals surface area contributed by atoms with Gasteiger partial charge in [-0.25, -0.2) is 4.90 Å². The average molecular weight is 345 g/mol. The van der Waals surface area contributed by atoms with Gasteiger partial charge in [-0.15, -0.1) is 11.3 Å². The molecule has 0 unspecified atom stereocenters. The Morgan fingerprint density at radius 1 is 0.840 bits per heavy atom. The molecule has 2 heterocycles. The number of carbonyl (C=O) groups excluding carboxylic acids is 2. The zero-order valence-electron chi connectivity index (χ0n) is 13.6. The van der Waals surface area contributed by atoms with E-state index in [-0.39, 0.29) is 11.8 Å². The molecule has 0 N–H and O–H groups in total. The number of amides is 2. The maximum Gasteiger partial charge on any atom is 0.266 e. The Morgan fingerprint density at radius 2 is 1.56 bits per heavy atom. The molecule has 3 aromatic rings. The van der Waals surface area contributed by atoms with Gasteiger partial charge in [-0.3, -0.25) is 9.59 Å². The molecule has 122 valence electrons. The number of aryl methyl sites for hydroxylation is 1. The van der Waals surface area contributed by atoms with E-state index in [1.54, 1.807) is 17.4 Å². The molecule has 0 saturated heterocycles. The first-order valence-electron chi connectivity index (χ1n) is 7.95. The molecule has 0 spiro atoms. The molecule has 1 aliphatic heterocycles. The van der Waals surface area contributed by atoms with E-state index >= 15 is 0 Å². The van der Waals surface area contributed by atoms with Gasteiger partial charge >= 0.3 is 0 Å². The number of anilines is 1. The van der Waals surface area contributed by atoms with E-state index in [4.69, 9.17) is 0 Å². The molecule has 4 rings (SSSR count). The minimum atomic E-state index is -0.291. The molecule has 0 radical (unpaired) electrons. The van der Waals surface area contributed by atoms with Gasteiger partial charge in [0.05, 0.1) is 5.69 Å². The highest BCUT2D eigenvalue weighted by atomic mass is 32.1. The molecule has 1 aromatic heterocycles. The van der Waals surface area contributed by atoms with Crippen LogP contribution >= 0.6 is 11.3 Å². The SMILES string of the molecule is Cc1ccc(N2C(=O)/C(=C/c3cccs3)c3ccccc3C2=O)cc1. The van der Waals surface area contributed by atoms with Gasteiger partial charge in [0.2, 0.25) is 0 Å². The first kappa shape index (κ1) is 15.5. The highest BCUT2D eigenvalue weighted by Gasteiger charge is 2.35. The second kappa shape index (κ2) is 6.15. The molecule has 4 heteroatoms. The summed E-state index contributed by atoms with van der Waals surface area (Å²) >= 11 is 1.56. The molecule has 2 amide bonds. The van der Waals surface area contributed by atoms with Crippen LogP contribution in [-0.2, 0) is 4.79 Å². The summed E-state index contributed by atoms with van der Waals surface area (Å²) in [6, 6.07) is 18.6. The third-order valence-corrected chi connectivity index (χ3v) is 5.03. The van der Waals surface area contributed by atoms with Crippen molar-refractivity contribution >= 4 is 40.5 Å². The van der Waals surface area contributed by atoms with E-state index in [1.807, 2.05) is 73.0 Å². The van der Waals surface area contributed by atoms with Crippen LogP contribution in [-0.4, -0.2) is 11.8 Å². The maximum absolute atomic E-state index is 13.2. The van der Waals surface area contributed by atoms with Crippen LogP contribution < -0.4 is 4.90 Å². The van der Waals surface area contributed by atoms with Gasteiger partial charge in [0, 0.05) is 21.6 Å². The molecule has 2 aromatic carbocycles. The van der Waals surface area contributed by atoms with E-state index < -0.39 is 0 Å². The summed E-state index contributed by atoms with van der Waals surface area (Å²) in [5.74, 6) is -0.575. The predicted molar refractivity (Wildman–Crippen MR) is 102 cm³/mol. The highest BCUT2D eigenvalue weighted by molar-refractivity contribution is 7.11. The van der Waals surface area contributed by atoms with Crippen LogP contribution in [0.3, 0.4) is 0 Å². The standard InChI is InChI=1S/C21H15NO2S/c1-14-8-10-15(11-9-14)22-20(23)18-7-3-2-6-17(18)19(21(22)24)13-16-5-4-12-25-16/h2-13H,1H3/b19-13+. The maximum atomic E-state index is 13.2. The lowest BCUT2D eigenvalue weighted by Gasteiger charge is -2.28. The van der Waals surface area contributed by atoms with Crippen molar-refractivity contribution in [3.8, 4) is 0 Å². The molecular formula is C21H15NO2S. The Kier molecular flexibility index (Phi) is 3.82. The van der Waals surface area contributed by atoms with Crippen molar-refractivity contribution in [1.29, 1.82) is 0 Å². The van der Waals surface area contributed by atoms with Crippen LogP contribution in [0.25, 0.3) is 11.6 Å². The molecule has 0 atom stereocenters. The van der Waals surface area contributed by atoms with Crippen LogP contribution in [0.15, 0.2) is 66.0 Å². The Labute approximate surface area is 149 Å². The van der Waals surface area contributed by atoms with Gasteiger partial charge in [0.25, 0.3) is 11.8 Å². The second-order valence-electron chi connectivity index (χ2n) is 5.90. The second-order valence-corrected chi connectivity index (χ2v) is 6.88. The van der Waals surface area contributed by atoms with Crippen LogP contribution in [0.4, 0.5) is 5.69 Å². The summed E-state index contributed by atoms with van der Waals surface area (Å²) in [7, 11) is 0. The summed E-state index contributed by atoms with van der Waals surface area (Å²) in [5.41, 5.74) is 3.44. The largest absolute Gasteiger partial charge is 0.268 e. The molecule has 1 aliphatic rings. The van der Waals surface area contributed by atoms with Gasteiger partial charge in [-0.1, -0.05) is 42.0 Å². The van der Waals surface area contributed by atoms with E-state index in [0.717, 1.165) is 10.4 Å². The number of imide groups is 1. The average Bonchev–Trinajstić information content (AvgIpc) is 3.14. The van der Waals surface area contributed by atoms with Gasteiger partial charge < -0.3 is 0 Å². The highest BCUT2D eigenvalue weighted by Crippen LogP contribution is 2.33. The molecule has 0 aliphatic carbocycles. The number of carbonyl (C=O) groups is 2. The van der Waals surface area contributed by atoms with E-state index in [9.17, 15) is 9.59 Å². The van der Waals surface area contributed by atoms with Crippen LogP contribution in [0.1, 0.15) is 26.4 Å². The van der Waals surface area contributed by atoms with Crippen molar-refractivity contribution in [2.45, 2.75) is 6.92 Å². The van der Waals surface area contributed by atoms with Gasteiger partial charge in [-0.2, -0.15) is 0 Å². The number of nitrogens with zero attached hydrogens (tertiary/aromatic N) is 1.